The van der Waals surface area contributed by atoms with Crippen LogP contribution in [-0.4, -0.2) is 30.7 Å². The van der Waals surface area contributed by atoms with Crippen LogP contribution in [0.25, 0.3) is 0 Å². The van der Waals surface area contributed by atoms with Gasteiger partial charge in [0.1, 0.15) is 6.61 Å². The molecule has 1 unspecified atom stereocenters. The summed E-state index contributed by atoms with van der Waals surface area (Å²) in [5.74, 6) is 0.245. The van der Waals surface area contributed by atoms with Crippen molar-refractivity contribution in [2.75, 3.05) is 19.7 Å². The van der Waals surface area contributed by atoms with E-state index in [1.54, 1.807) is 0 Å². The summed E-state index contributed by atoms with van der Waals surface area (Å²) in [6, 6.07) is 11.3. The monoisotopic (exact) mass is 295 g/mol. The van der Waals surface area contributed by atoms with E-state index in [1.165, 1.54) is 22.3 Å². The van der Waals surface area contributed by atoms with E-state index in [1.807, 2.05) is 12.4 Å². The molecule has 0 amide bonds. The van der Waals surface area contributed by atoms with Crippen LogP contribution in [0.15, 0.2) is 47.7 Å². The summed E-state index contributed by atoms with van der Waals surface area (Å²) < 4.78 is 5.46. The van der Waals surface area contributed by atoms with Crippen LogP contribution < -0.4 is 5.32 Å². The Balaban J connectivity index is 1.90. The average Bonchev–Trinajstić information content (AvgIpc) is 3.06. The maximum Gasteiger partial charge on any atom is 0.284 e. The summed E-state index contributed by atoms with van der Waals surface area (Å²) in [7, 11) is 0. The maximum absolute atomic E-state index is 5.46. The molecule has 4 nitrogen and oxygen atoms in total. The topological polar surface area (TPSA) is 46.5 Å². The van der Waals surface area contributed by atoms with Gasteiger partial charge in [0.25, 0.3) is 6.02 Å². The van der Waals surface area contributed by atoms with E-state index in [2.05, 4.69) is 59.5 Å². The standard InChI is InChI=1S/C18H21N3O/c1-13-4-3-5-16(14(13)2)17(15-6-8-19-9-7-15)12-21-18-20-10-11-22-18/h3-9,17H,10-12H2,1-2H3,(H,20,21). The third-order valence-corrected chi connectivity index (χ3v) is 4.17. The Morgan fingerprint density at radius 3 is 2.73 bits per heavy atom. The first-order chi connectivity index (χ1) is 10.8. The number of aromatic nitrogens is 1. The predicted molar refractivity (Wildman–Crippen MR) is 88.3 cm³/mol. The first-order valence-electron chi connectivity index (χ1n) is 7.63. The minimum absolute atomic E-state index is 0.245. The first-order valence-corrected chi connectivity index (χ1v) is 7.63. The Morgan fingerprint density at radius 2 is 2.00 bits per heavy atom. The summed E-state index contributed by atoms with van der Waals surface area (Å²) >= 11 is 0. The number of nitrogens with one attached hydrogen (secondary N) is 1. The second-order valence-corrected chi connectivity index (χ2v) is 5.54. The van der Waals surface area contributed by atoms with Gasteiger partial charge in [-0.25, -0.2) is 4.99 Å². The number of pyridine rings is 1. The van der Waals surface area contributed by atoms with Crippen LogP contribution in [0.1, 0.15) is 28.2 Å². The van der Waals surface area contributed by atoms with Crippen molar-refractivity contribution in [2.45, 2.75) is 19.8 Å². The number of amidine groups is 1. The molecule has 0 fully saturated rings. The summed E-state index contributed by atoms with van der Waals surface area (Å²) in [6.07, 6.45) is 3.69. The van der Waals surface area contributed by atoms with Crippen LogP contribution >= 0.6 is 0 Å². The number of rotatable bonds is 4. The van der Waals surface area contributed by atoms with E-state index in [9.17, 15) is 0 Å². The SMILES string of the molecule is Cc1cccc(C(CNC2=NCCO2)c2ccncc2)c1C. The van der Waals surface area contributed by atoms with Crippen molar-refractivity contribution in [1.82, 2.24) is 10.3 Å². The number of ether oxygens (including phenoxy) is 1. The van der Waals surface area contributed by atoms with Gasteiger partial charge in [0, 0.05) is 24.9 Å². The molecule has 2 aromatic rings. The molecule has 1 aromatic heterocycles. The number of aliphatic imine (C=N–C) groups is 1. The van der Waals surface area contributed by atoms with Crippen molar-refractivity contribution in [1.29, 1.82) is 0 Å². The Morgan fingerprint density at radius 1 is 1.18 bits per heavy atom. The largest absolute Gasteiger partial charge is 0.463 e. The Labute approximate surface area is 131 Å². The molecule has 114 valence electrons. The highest BCUT2D eigenvalue weighted by Gasteiger charge is 2.18. The molecule has 4 heteroatoms. The normalized spacial score (nSPS) is 15.1. The zero-order valence-electron chi connectivity index (χ0n) is 13.0. The van der Waals surface area contributed by atoms with Crippen molar-refractivity contribution >= 4 is 6.02 Å². The molecule has 0 saturated heterocycles. The van der Waals surface area contributed by atoms with Crippen LogP contribution in [-0.2, 0) is 4.74 Å². The van der Waals surface area contributed by atoms with Crippen molar-refractivity contribution in [3.05, 3.63) is 65.0 Å². The molecule has 1 N–H and O–H groups in total. The number of benzene rings is 1. The zero-order chi connectivity index (χ0) is 15.4. The lowest BCUT2D eigenvalue weighted by Gasteiger charge is -2.21. The second-order valence-electron chi connectivity index (χ2n) is 5.54. The van der Waals surface area contributed by atoms with Crippen LogP contribution in [0, 0.1) is 13.8 Å². The lowest BCUT2D eigenvalue weighted by Crippen LogP contribution is -2.29. The van der Waals surface area contributed by atoms with Crippen LogP contribution in [0.2, 0.25) is 0 Å². The third kappa shape index (κ3) is 3.11. The van der Waals surface area contributed by atoms with Crippen molar-refractivity contribution < 1.29 is 4.74 Å². The summed E-state index contributed by atoms with van der Waals surface area (Å²) in [5.41, 5.74) is 5.22. The molecule has 0 bridgehead atoms. The molecule has 1 aliphatic heterocycles. The van der Waals surface area contributed by atoms with Gasteiger partial charge in [0.05, 0.1) is 6.54 Å². The molecule has 1 aromatic carbocycles. The second kappa shape index (κ2) is 6.60. The summed E-state index contributed by atoms with van der Waals surface area (Å²) in [6.45, 7) is 6.51. The van der Waals surface area contributed by atoms with Gasteiger partial charge in [-0.2, -0.15) is 0 Å². The number of aryl methyl sites for hydroxylation is 1. The maximum atomic E-state index is 5.46. The predicted octanol–water partition coefficient (Wildman–Crippen LogP) is 2.81. The fourth-order valence-electron chi connectivity index (χ4n) is 2.79. The van der Waals surface area contributed by atoms with E-state index < -0.39 is 0 Å². The van der Waals surface area contributed by atoms with Gasteiger partial charge in [-0.3, -0.25) is 4.98 Å². The number of hydrogen-bond donors (Lipinski definition) is 1. The summed E-state index contributed by atoms with van der Waals surface area (Å²) in [4.78, 5) is 8.44. The molecule has 0 radical (unpaired) electrons. The fourth-order valence-corrected chi connectivity index (χ4v) is 2.79. The molecular weight excluding hydrogens is 274 g/mol. The van der Waals surface area contributed by atoms with Gasteiger partial charge in [-0.1, -0.05) is 18.2 Å². The van der Waals surface area contributed by atoms with E-state index in [-0.39, 0.29) is 5.92 Å². The third-order valence-electron chi connectivity index (χ3n) is 4.17. The highest BCUT2D eigenvalue weighted by Crippen LogP contribution is 2.28. The van der Waals surface area contributed by atoms with E-state index in [0.29, 0.717) is 12.6 Å². The van der Waals surface area contributed by atoms with Crippen LogP contribution in [0.4, 0.5) is 0 Å². The molecule has 1 atom stereocenters. The lowest BCUT2D eigenvalue weighted by molar-refractivity contribution is 0.331. The Hall–Kier alpha value is -2.36. The molecule has 0 aliphatic carbocycles. The van der Waals surface area contributed by atoms with Crippen molar-refractivity contribution in [3.8, 4) is 0 Å². The fraction of sp³-hybridized carbons (Fsp3) is 0.333. The van der Waals surface area contributed by atoms with Gasteiger partial charge >= 0.3 is 0 Å². The van der Waals surface area contributed by atoms with Gasteiger partial charge in [-0.15, -0.1) is 0 Å². The summed E-state index contributed by atoms with van der Waals surface area (Å²) in [5, 5.41) is 3.33. The smallest absolute Gasteiger partial charge is 0.284 e. The van der Waals surface area contributed by atoms with Crippen molar-refractivity contribution in [3.63, 3.8) is 0 Å². The molecule has 0 saturated carbocycles. The molecule has 0 spiro atoms. The molecule has 3 rings (SSSR count). The van der Waals surface area contributed by atoms with Crippen molar-refractivity contribution in [2.24, 2.45) is 4.99 Å². The Kier molecular flexibility index (Phi) is 4.37. The van der Waals surface area contributed by atoms with Crippen LogP contribution in [0.5, 0.6) is 0 Å². The quantitative estimate of drug-likeness (QED) is 0.943. The average molecular weight is 295 g/mol. The molecule has 1 aliphatic rings. The van der Waals surface area contributed by atoms with Gasteiger partial charge in [0.15, 0.2) is 0 Å². The molecule has 22 heavy (non-hydrogen) atoms. The number of hydrogen-bond acceptors (Lipinski definition) is 4. The minimum Gasteiger partial charge on any atom is -0.463 e. The van der Waals surface area contributed by atoms with Gasteiger partial charge in [-0.05, 0) is 48.2 Å². The van der Waals surface area contributed by atoms with Gasteiger partial charge in [0.2, 0.25) is 0 Å². The first kappa shape index (κ1) is 14.6. The molecule has 2 heterocycles. The zero-order valence-corrected chi connectivity index (χ0v) is 13.0. The minimum atomic E-state index is 0.245. The van der Waals surface area contributed by atoms with Crippen LogP contribution in [0.3, 0.4) is 0 Å². The van der Waals surface area contributed by atoms with E-state index >= 15 is 0 Å². The molecular formula is C18H21N3O. The van der Waals surface area contributed by atoms with E-state index in [4.69, 9.17) is 4.74 Å². The highest BCUT2D eigenvalue weighted by molar-refractivity contribution is 5.74. The highest BCUT2D eigenvalue weighted by atomic mass is 16.5. The van der Waals surface area contributed by atoms with Gasteiger partial charge < -0.3 is 10.1 Å². The lowest BCUT2D eigenvalue weighted by atomic mass is 9.87. The van der Waals surface area contributed by atoms with E-state index in [0.717, 1.165) is 13.1 Å². The number of nitrogens with zero attached hydrogens (tertiary/aromatic N) is 2. The Bertz CT molecular complexity index is 667.